The fourth-order valence-electron chi connectivity index (χ4n) is 8.67. The van der Waals surface area contributed by atoms with E-state index in [-0.39, 0.29) is 10.8 Å². The van der Waals surface area contributed by atoms with Crippen LogP contribution in [0.4, 0.5) is 22.7 Å². The standard InChI is InChI=1S/C45H48Cl2N3/c1-7-48-39-25-23-33(46)29-37(39)44(3,4)41(48)27-21-31-19-20-32(43(31)50(35-15-11-9-12-16-35)36-17-13-10-14-18-36)22-28-42-45(5,6)38-30-34(47)24-26-40(38)49(42)8-2/h9-18,21-27,29-30,42H,7-8,19-20,28H2,1-6H3/q+1/b32-22+. The van der Waals surface area contributed by atoms with Crippen molar-refractivity contribution < 1.29 is 0 Å². The molecule has 4 aromatic carbocycles. The van der Waals surface area contributed by atoms with Crippen LogP contribution < -0.4 is 14.4 Å². The Bertz CT molecular complexity index is 1990. The summed E-state index contributed by atoms with van der Waals surface area (Å²) in [5.74, 6) is 0. The molecule has 0 amide bonds. The van der Waals surface area contributed by atoms with E-state index in [4.69, 9.17) is 23.2 Å². The number of fused-ring (bicyclic) bond motifs is 2. The Hall–Kier alpha value is -4.05. The molecule has 0 radical (unpaired) electrons. The third kappa shape index (κ3) is 5.93. The zero-order valence-electron chi connectivity index (χ0n) is 30.2. The molecule has 0 bridgehead atoms. The van der Waals surface area contributed by atoms with Crippen molar-refractivity contribution in [3.8, 4) is 0 Å². The number of hydrogen-bond donors (Lipinski definition) is 0. The van der Waals surface area contributed by atoms with Gasteiger partial charge < -0.3 is 9.80 Å². The fraction of sp³-hybridized carbons (Fsp3) is 0.311. The molecule has 3 aliphatic rings. The largest absolute Gasteiger partial charge is 0.367 e. The number of hydrogen-bond acceptors (Lipinski definition) is 2. The van der Waals surface area contributed by atoms with Crippen LogP contribution >= 0.6 is 23.2 Å². The number of anilines is 2. The van der Waals surface area contributed by atoms with Gasteiger partial charge in [-0.15, -0.1) is 0 Å². The van der Waals surface area contributed by atoms with Gasteiger partial charge in [0.2, 0.25) is 17.1 Å². The Morgan fingerprint density at radius 2 is 1.28 bits per heavy atom. The summed E-state index contributed by atoms with van der Waals surface area (Å²) in [6.45, 7) is 15.8. The molecule has 256 valence electrons. The van der Waals surface area contributed by atoms with Crippen LogP contribution in [0.3, 0.4) is 0 Å². The molecule has 2 aliphatic heterocycles. The van der Waals surface area contributed by atoms with Crippen LogP contribution in [0.25, 0.3) is 0 Å². The van der Waals surface area contributed by atoms with Gasteiger partial charge in [-0.3, -0.25) is 0 Å². The van der Waals surface area contributed by atoms with E-state index in [2.05, 4.69) is 159 Å². The van der Waals surface area contributed by atoms with E-state index in [1.807, 2.05) is 12.1 Å². The highest BCUT2D eigenvalue weighted by Gasteiger charge is 2.44. The zero-order chi connectivity index (χ0) is 35.2. The molecule has 1 fully saturated rings. The molecular weight excluding hydrogens is 653 g/mol. The average Bonchev–Trinajstić information content (AvgIpc) is 3.68. The number of allylic oxidation sites excluding steroid dienone is 5. The number of benzene rings is 4. The highest BCUT2D eigenvalue weighted by molar-refractivity contribution is 6.31. The molecule has 5 heteroatoms. The third-order valence-corrected chi connectivity index (χ3v) is 11.7. The Morgan fingerprint density at radius 1 is 0.700 bits per heavy atom. The van der Waals surface area contributed by atoms with E-state index in [1.165, 1.54) is 45.1 Å². The lowest BCUT2D eigenvalue weighted by atomic mass is 9.79. The quantitative estimate of drug-likeness (QED) is 0.178. The van der Waals surface area contributed by atoms with Crippen LogP contribution in [0.5, 0.6) is 0 Å². The van der Waals surface area contributed by atoms with E-state index in [1.54, 1.807) is 0 Å². The van der Waals surface area contributed by atoms with Crippen molar-refractivity contribution in [1.82, 2.24) is 4.58 Å². The summed E-state index contributed by atoms with van der Waals surface area (Å²) >= 11 is 13.1. The van der Waals surface area contributed by atoms with Gasteiger partial charge in [0.1, 0.15) is 0 Å². The summed E-state index contributed by atoms with van der Waals surface area (Å²) < 4.78 is 2.47. The first-order chi connectivity index (χ1) is 24.1. The summed E-state index contributed by atoms with van der Waals surface area (Å²) in [6.07, 6.45) is 10.2. The van der Waals surface area contributed by atoms with Gasteiger partial charge in [0.05, 0.1) is 0 Å². The first kappa shape index (κ1) is 34.4. The molecule has 1 unspecified atom stereocenters. The van der Waals surface area contributed by atoms with Crippen LogP contribution in [-0.2, 0) is 10.8 Å². The average molecular weight is 702 g/mol. The van der Waals surface area contributed by atoms with Crippen LogP contribution in [0.15, 0.2) is 132 Å². The second-order valence-electron chi connectivity index (χ2n) is 14.8. The van der Waals surface area contributed by atoms with Crippen LogP contribution in [-0.4, -0.2) is 24.8 Å². The molecule has 50 heavy (non-hydrogen) atoms. The first-order valence-corrected chi connectivity index (χ1v) is 18.8. The zero-order valence-corrected chi connectivity index (χ0v) is 31.7. The van der Waals surface area contributed by atoms with Gasteiger partial charge in [0.25, 0.3) is 0 Å². The number of para-hydroxylation sites is 2. The molecule has 2 heterocycles. The van der Waals surface area contributed by atoms with Crippen molar-refractivity contribution in [2.24, 2.45) is 0 Å². The molecule has 0 N–H and O–H groups in total. The van der Waals surface area contributed by atoms with Gasteiger partial charge in [0, 0.05) is 92.5 Å². The number of rotatable bonds is 7. The molecule has 3 nitrogen and oxygen atoms in total. The lowest BCUT2D eigenvalue weighted by Crippen LogP contribution is -2.41. The second-order valence-corrected chi connectivity index (χ2v) is 15.7. The van der Waals surface area contributed by atoms with E-state index in [9.17, 15) is 0 Å². The SMILES string of the molecule is CCN1/C(=C/C=C2\CC/C(=C\CC3N(CC)c4ccc(Cl)cc4C3(C)C)C2=[N+](c2ccccc2)c2ccccc2)C(C)(C)c2cc(Cl)ccc21. The van der Waals surface area contributed by atoms with Crippen LogP contribution in [0.1, 0.15) is 71.9 Å². The predicted octanol–water partition coefficient (Wildman–Crippen LogP) is 12.2. The van der Waals surface area contributed by atoms with E-state index >= 15 is 0 Å². The van der Waals surface area contributed by atoms with Crippen molar-refractivity contribution in [1.29, 1.82) is 0 Å². The predicted molar refractivity (Wildman–Crippen MR) is 216 cm³/mol. The first-order valence-electron chi connectivity index (χ1n) is 18.1. The van der Waals surface area contributed by atoms with Gasteiger partial charge in [-0.2, -0.15) is 4.58 Å². The minimum Gasteiger partial charge on any atom is -0.367 e. The summed E-state index contributed by atoms with van der Waals surface area (Å²) in [6, 6.07) is 34.7. The van der Waals surface area contributed by atoms with Gasteiger partial charge >= 0.3 is 0 Å². The fourth-order valence-corrected chi connectivity index (χ4v) is 9.01. The van der Waals surface area contributed by atoms with E-state index in [0.29, 0.717) is 6.04 Å². The number of nitrogens with zero attached hydrogens (tertiary/aromatic N) is 3. The Kier molecular flexibility index (Phi) is 9.35. The number of likely N-dealkylation sites (N-methyl/N-ethyl adjacent to an activating group) is 2. The molecular formula is C45H48Cl2N3+. The van der Waals surface area contributed by atoms with E-state index < -0.39 is 0 Å². The minimum absolute atomic E-state index is 0.0384. The van der Waals surface area contributed by atoms with Gasteiger partial charge in [-0.1, -0.05) is 99.4 Å². The molecule has 7 rings (SSSR count). The topological polar surface area (TPSA) is 9.49 Å². The molecule has 4 aromatic rings. The maximum absolute atomic E-state index is 6.54. The van der Waals surface area contributed by atoms with Crippen molar-refractivity contribution in [3.63, 3.8) is 0 Å². The molecule has 0 saturated heterocycles. The summed E-state index contributed by atoms with van der Waals surface area (Å²) in [5, 5.41) is 1.59. The van der Waals surface area contributed by atoms with Crippen molar-refractivity contribution >= 4 is 51.7 Å². The van der Waals surface area contributed by atoms with Gasteiger partial charge in [-0.25, -0.2) is 0 Å². The maximum Gasteiger partial charge on any atom is 0.217 e. The summed E-state index contributed by atoms with van der Waals surface area (Å²) in [4.78, 5) is 5.03. The highest BCUT2D eigenvalue weighted by Crippen LogP contribution is 2.49. The smallest absolute Gasteiger partial charge is 0.217 e. The second kappa shape index (κ2) is 13.6. The third-order valence-electron chi connectivity index (χ3n) is 11.2. The Labute approximate surface area is 308 Å². The van der Waals surface area contributed by atoms with Crippen molar-refractivity contribution in [2.45, 2.75) is 77.7 Å². The monoisotopic (exact) mass is 700 g/mol. The molecule has 1 saturated carbocycles. The summed E-state index contributed by atoms with van der Waals surface area (Å²) in [5.41, 5.74) is 12.6. The van der Waals surface area contributed by atoms with Crippen LogP contribution in [0, 0.1) is 0 Å². The normalized spacial score (nSPS) is 21.4. The van der Waals surface area contributed by atoms with Crippen molar-refractivity contribution in [3.05, 3.63) is 153 Å². The lowest BCUT2D eigenvalue weighted by Gasteiger charge is -2.33. The molecule has 0 aromatic heterocycles. The Morgan fingerprint density at radius 3 is 1.88 bits per heavy atom. The highest BCUT2D eigenvalue weighted by atomic mass is 35.5. The van der Waals surface area contributed by atoms with Gasteiger partial charge in [0.15, 0.2) is 0 Å². The van der Waals surface area contributed by atoms with Crippen LogP contribution in [0.2, 0.25) is 10.0 Å². The van der Waals surface area contributed by atoms with E-state index in [0.717, 1.165) is 53.8 Å². The lowest BCUT2D eigenvalue weighted by molar-refractivity contribution is 0.420. The molecule has 1 atom stereocenters. The molecule has 1 aliphatic carbocycles. The Balaban J connectivity index is 1.37. The summed E-state index contributed by atoms with van der Waals surface area (Å²) in [7, 11) is 0. The number of halogens is 2. The minimum atomic E-state index is -0.168. The maximum atomic E-state index is 6.54. The molecule has 0 spiro atoms. The van der Waals surface area contributed by atoms with Gasteiger partial charge in [-0.05, 0) is 86.7 Å². The van der Waals surface area contributed by atoms with Crippen molar-refractivity contribution in [2.75, 3.05) is 22.9 Å².